The summed E-state index contributed by atoms with van der Waals surface area (Å²) in [5.74, 6) is -0.751. The number of benzene rings is 1. The van der Waals surface area contributed by atoms with Gasteiger partial charge in [-0.2, -0.15) is 0 Å². The molecule has 1 atom stereocenters. The third-order valence-corrected chi connectivity index (χ3v) is 3.09. The zero-order chi connectivity index (χ0) is 19.2. The number of carbonyl (C=O) groups excluding carboxylic acids is 1. The molecule has 0 spiro atoms. The van der Waals surface area contributed by atoms with E-state index in [9.17, 15) is 19.7 Å². The summed E-state index contributed by atoms with van der Waals surface area (Å²) in [6.07, 6.45) is -1.25. The minimum atomic E-state index is -1.15. The number of rotatable bonds is 7. The lowest BCUT2D eigenvalue weighted by Crippen LogP contribution is -2.41. The van der Waals surface area contributed by atoms with Crippen molar-refractivity contribution >= 4 is 17.7 Å². The molecule has 0 saturated carbocycles. The van der Waals surface area contributed by atoms with Gasteiger partial charge in [0.05, 0.1) is 18.5 Å². The van der Waals surface area contributed by atoms with Crippen LogP contribution in [0.1, 0.15) is 32.8 Å². The van der Waals surface area contributed by atoms with E-state index in [1.807, 2.05) is 0 Å². The van der Waals surface area contributed by atoms with Crippen LogP contribution in [0.5, 0.6) is 5.75 Å². The van der Waals surface area contributed by atoms with E-state index in [1.54, 1.807) is 20.8 Å². The number of amides is 1. The molecule has 0 bridgehead atoms. The van der Waals surface area contributed by atoms with E-state index in [0.717, 1.165) is 0 Å². The van der Waals surface area contributed by atoms with Crippen molar-refractivity contribution < 1.29 is 29.1 Å². The fourth-order valence-electron chi connectivity index (χ4n) is 2.16. The topological polar surface area (TPSA) is 128 Å². The highest BCUT2D eigenvalue weighted by atomic mass is 16.6. The van der Waals surface area contributed by atoms with Crippen molar-refractivity contribution in [1.29, 1.82) is 0 Å². The SMILES string of the molecule is COc1ccc([N+](=O)[O-])c(CC(CC(=O)O)NC(=O)OC(C)(C)C)c1. The number of hydrogen-bond acceptors (Lipinski definition) is 6. The van der Waals surface area contributed by atoms with Crippen molar-refractivity contribution in [3.63, 3.8) is 0 Å². The van der Waals surface area contributed by atoms with Crippen LogP contribution in [-0.4, -0.2) is 40.8 Å². The maximum absolute atomic E-state index is 11.9. The van der Waals surface area contributed by atoms with Crippen LogP contribution in [-0.2, 0) is 16.0 Å². The van der Waals surface area contributed by atoms with Gasteiger partial charge in [0.25, 0.3) is 5.69 Å². The van der Waals surface area contributed by atoms with E-state index in [2.05, 4.69) is 5.32 Å². The molecule has 1 amide bonds. The molecular formula is C16H22N2O7. The van der Waals surface area contributed by atoms with Crippen molar-refractivity contribution in [3.8, 4) is 5.75 Å². The summed E-state index contributed by atoms with van der Waals surface area (Å²) < 4.78 is 10.2. The van der Waals surface area contributed by atoms with E-state index in [1.165, 1.54) is 25.3 Å². The average Bonchev–Trinajstić information content (AvgIpc) is 2.43. The second-order valence-corrected chi connectivity index (χ2v) is 6.40. The second-order valence-electron chi connectivity index (χ2n) is 6.40. The van der Waals surface area contributed by atoms with Gasteiger partial charge in [0.1, 0.15) is 11.4 Å². The third-order valence-electron chi connectivity index (χ3n) is 3.09. The number of aliphatic carboxylic acids is 1. The number of nitro groups is 1. The molecule has 0 saturated heterocycles. The summed E-state index contributed by atoms with van der Waals surface area (Å²) in [5.41, 5.74) is -0.673. The molecule has 0 aliphatic heterocycles. The average molecular weight is 354 g/mol. The zero-order valence-corrected chi connectivity index (χ0v) is 14.6. The first-order chi connectivity index (χ1) is 11.5. The van der Waals surface area contributed by atoms with Crippen molar-refractivity contribution in [3.05, 3.63) is 33.9 Å². The van der Waals surface area contributed by atoms with Crippen molar-refractivity contribution in [2.24, 2.45) is 0 Å². The van der Waals surface area contributed by atoms with Gasteiger partial charge >= 0.3 is 12.1 Å². The molecule has 2 N–H and O–H groups in total. The number of nitrogens with zero attached hydrogens (tertiary/aromatic N) is 1. The Morgan fingerprint density at radius 1 is 1.36 bits per heavy atom. The van der Waals surface area contributed by atoms with Crippen molar-refractivity contribution in [2.75, 3.05) is 7.11 Å². The maximum atomic E-state index is 11.9. The number of ether oxygens (including phenoxy) is 2. The highest BCUT2D eigenvalue weighted by Gasteiger charge is 2.24. The molecule has 138 valence electrons. The minimum absolute atomic E-state index is 0.0565. The largest absolute Gasteiger partial charge is 0.497 e. The van der Waals surface area contributed by atoms with Gasteiger partial charge in [-0.05, 0) is 32.9 Å². The second kappa shape index (κ2) is 8.32. The van der Waals surface area contributed by atoms with Gasteiger partial charge in [-0.25, -0.2) is 4.79 Å². The third kappa shape index (κ3) is 7.06. The van der Waals surface area contributed by atoms with E-state index in [-0.39, 0.29) is 17.7 Å². The number of nitrogens with one attached hydrogen (secondary N) is 1. The maximum Gasteiger partial charge on any atom is 0.407 e. The molecule has 0 aliphatic rings. The Morgan fingerprint density at radius 3 is 2.48 bits per heavy atom. The van der Waals surface area contributed by atoms with Gasteiger partial charge < -0.3 is 19.9 Å². The number of alkyl carbamates (subject to hydrolysis) is 1. The first-order valence-electron chi connectivity index (χ1n) is 7.54. The van der Waals surface area contributed by atoms with Gasteiger partial charge in [-0.1, -0.05) is 0 Å². The number of nitro benzene ring substituents is 1. The molecule has 1 rings (SSSR count). The van der Waals surface area contributed by atoms with Gasteiger partial charge in [0.15, 0.2) is 0 Å². The number of carboxylic acid groups (broad SMARTS) is 1. The summed E-state index contributed by atoms with van der Waals surface area (Å²) in [6.45, 7) is 5.02. The predicted molar refractivity (Wildman–Crippen MR) is 88.8 cm³/mol. The van der Waals surface area contributed by atoms with Crippen LogP contribution < -0.4 is 10.1 Å². The lowest BCUT2D eigenvalue weighted by Gasteiger charge is -2.23. The Bertz CT molecular complexity index is 652. The number of hydrogen-bond donors (Lipinski definition) is 2. The van der Waals surface area contributed by atoms with Crippen LogP contribution in [0.15, 0.2) is 18.2 Å². The molecular weight excluding hydrogens is 332 g/mol. The zero-order valence-electron chi connectivity index (χ0n) is 14.6. The molecule has 1 unspecified atom stereocenters. The lowest BCUT2D eigenvalue weighted by molar-refractivity contribution is -0.385. The molecule has 0 radical (unpaired) electrons. The number of methoxy groups -OCH3 is 1. The van der Waals surface area contributed by atoms with Crippen LogP contribution in [0.4, 0.5) is 10.5 Å². The minimum Gasteiger partial charge on any atom is -0.497 e. The van der Waals surface area contributed by atoms with E-state index in [0.29, 0.717) is 5.75 Å². The number of carbonyl (C=O) groups is 2. The molecule has 0 fully saturated rings. The van der Waals surface area contributed by atoms with E-state index >= 15 is 0 Å². The van der Waals surface area contributed by atoms with Gasteiger partial charge in [0.2, 0.25) is 0 Å². The summed E-state index contributed by atoms with van der Waals surface area (Å²) in [5, 5.41) is 22.7. The molecule has 0 aromatic heterocycles. The van der Waals surface area contributed by atoms with Crippen LogP contribution in [0.2, 0.25) is 0 Å². The smallest absolute Gasteiger partial charge is 0.407 e. The lowest BCUT2D eigenvalue weighted by atomic mass is 10.0. The molecule has 0 heterocycles. The fraction of sp³-hybridized carbons (Fsp3) is 0.500. The van der Waals surface area contributed by atoms with E-state index in [4.69, 9.17) is 14.6 Å². The summed E-state index contributed by atoms with van der Waals surface area (Å²) >= 11 is 0. The Morgan fingerprint density at radius 2 is 2.00 bits per heavy atom. The first-order valence-corrected chi connectivity index (χ1v) is 7.54. The van der Waals surface area contributed by atoms with Gasteiger partial charge in [-0.15, -0.1) is 0 Å². The Labute approximate surface area is 145 Å². The number of carboxylic acids is 1. The summed E-state index contributed by atoms with van der Waals surface area (Å²) in [7, 11) is 1.42. The Hall–Kier alpha value is -2.84. The van der Waals surface area contributed by atoms with Crippen LogP contribution in [0.3, 0.4) is 0 Å². The van der Waals surface area contributed by atoms with Crippen LogP contribution >= 0.6 is 0 Å². The highest BCUT2D eigenvalue weighted by Crippen LogP contribution is 2.25. The molecule has 9 nitrogen and oxygen atoms in total. The van der Waals surface area contributed by atoms with E-state index < -0.39 is 35.0 Å². The standard InChI is InChI=1S/C16H22N2O7/c1-16(2,3)25-15(21)17-11(9-14(19)20)7-10-8-12(24-4)5-6-13(10)18(22)23/h5-6,8,11H,7,9H2,1-4H3,(H,17,21)(H,19,20). The molecule has 1 aromatic carbocycles. The Balaban J connectivity index is 3.03. The predicted octanol–water partition coefficient (Wildman–Crippen LogP) is 2.51. The van der Waals surface area contributed by atoms with Gasteiger partial charge in [-0.3, -0.25) is 14.9 Å². The van der Waals surface area contributed by atoms with Crippen molar-refractivity contribution in [2.45, 2.75) is 45.3 Å². The monoisotopic (exact) mass is 354 g/mol. The van der Waals surface area contributed by atoms with Crippen LogP contribution in [0.25, 0.3) is 0 Å². The summed E-state index contributed by atoms with van der Waals surface area (Å²) in [4.78, 5) is 33.6. The molecule has 0 aliphatic carbocycles. The normalized spacial score (nSPS) is 12.2. The Kier molecular flexibility index (Phi) is 6.72. The van der Waals surface area contributed by atoms with Crippen LogP contribution in [0, 0.1) is 10.1 Å². The van der Waals surface area contributed by atoms with Gasteiger partial charge in [0, 0.05) is 24.1 Å². The highest BCUT2D eigenvalue weighted by molar-refractivity contribution is 5.71. The summed E-state index contributed by atoms with van der Waals surface area (Å²) in [6, 6.07) is 3.29. The first kappa shape index (κ1) is 20.2. The van der Waals surface area contributed by atoms with Crippen molar-refractivity contribution in [1.82, 2.24) is 5.32 Å². The quantitative estimate of drug-likeness (QED) is 0.568. The molecule has 25 heavy (non-hydrogen) atoms. The molecule has 1 aromatic rings. The molecule has 9 heteroatoms. The fourth-order valence-corrected chi connectivity index (χ4v) is 2.16.